The number of hydrogen-bond donors (Lipinski definition) is 0. The molecule has 0 aromatic heterocycles. The molecule has 0 spiro atoms. The third kappa shape index (κ3) is 4.14. The lowest BCUT2D eigenvalue weighted by Gasteiger charge is -2.27. The van der Waals surface area contributed by atoms with Gasteiger partial charge in [-0.05, 0) is 123 Å². The molecule has 1 aliphatic rings. The van der Waals surface area contributed by atoms with E-state index in [-0.39, 0.29) is 10.8 Å². The van der Waals surface area contributed by atoms with Crippen LogP contribution >= 0.6 is 0 Å². The second kappa shape index (κ2) is 9.90. The molecule has 0 heterocycles. The van der Waals surface area contributed by atoms with Crippen molar-refractivity contribution >= 4 is 43.1 Å². The lowest BCUT2D eigenvalue weighted by molar-refractivity contribution is 0.601. The van der Waals surface area contributed by atoms with E-state index in [1.807, 2.05) is 0 Å². The van der Waals surface area contributed by atoms with E-state index in [1.54, 1.807) is 0 Å². The Morgan fingerprint density at radius 1 is 0.404 bits per heavy atom. The van der Waals surface area contributed by atoms with Crippen molar-refractivity contribution < 1.29 is 0 Å². The molecule has 1 aliphatic carbocycles. The van der Waals surface area contributed by atoms with E-state index in [1.165, 1.54) is 93.2 Å². The van der Waals surface area contributed by atoms with Crippen LogP contribution in [-0.4, -0.2) is 0 Å². The van der Waals surface area contributed by atoms with Gasteiger partial charge in [-0.15, -0.1) is 0 Å². The summed E-state index contributed by atoms with van der Waals surface area (Å²) in [4.78, 5) is 0. The van der Waals surface area contributed by atoms with Gasteiger partial charge in [-0.1, -0.05) is 150 Å². The minimum absolute atomic E-state index is 0.0443. The maximum atomic E-state index is 2.47. The Kier molecular flexibility index (Phi) is 5.91. The maximum Gasteiger partial charge on any atom is 0.0159 e. The van der Waals surface area contributed by atoms with Crippen molar-refractivity contribution in [2.24, 2.45) is 0 Å². The molecule has 226 valence electrons. The Morgan fingerprint density at radius 3 is 1.74 bits per heavy atom. The van der Waals surface area contributed by atoms with Crippen LogP contribution in [0.3, 0.4) is 0 Å². The van der Waals surface area contributed by atoms with E-state index in [0.29, 0.717) is 0 Å². The van der Waals surface area contributed by atoms with Crippen LogP contribution in [0.1, 0.15) is 51.3 Å². The highest BCUT2D eigenvalue weighted by molar-refractivity contribution is 6.19. The number of hydrogen-bond acceptors (Lipinski definition) is 0. The molecule has 0 saturated carbocycles. The minimum Gasteiger partial charge on any atom is -0.0616 e. The Hall–Kier alpha value is -5.20. The molecule has 0 amide bonds. The van der Waals surface area contributed by atoms with Crippen LogP contribution in [0.5, 0.6) is 0 Å². The summed E-state index contributed by atoms with van der Waals surface area (Å²) >= 11 is 0. The highest BCUT2D eigenvalue weighted by atomic mass is 14.4. The van der Waals surface area contributed by atoms with Crippen LogP contribution < -0.4 is 0 Å². The first-order valence-corrected chi connectivity index (χ1v) is 16.9. The van der Waals surface area contributed by atoms with Crippen LogP contribution in [0.2, 0.25) is 0 Å². The van der Waals surface area contributed by atoms with Crippen molar-refractivity contribution in [3.05, 3.63) is 156 Å². The van der Waals surface area contributed by atoms with Crippen LogP contribution in [0, 0.1) is 0 Å². The molecule has 9 rings (SSSR count). The molecule has 8 aromatic carbocycles. The molecule has 47 heavy (non-hydrogen) atoms. The molecule has 0 unspecified atom stereocenters. The first-order valence-electron chi connectivity index (χ1n) is 16.9. The fourth-order valence-electron chi connectivity index (χ4n) is 8.50. The van der Waals surface area contributed by atoms with Crippen LogP contribution in [0.15, 0.2) is 140 Å². The molecular formula is C47H38. The molecule has 0 saturated heterocycles. The summed E-state index contributed by atoms with van der Waals surface area (Å²) in [7, 11) is 0. The van der Waals surface area contributed by atoms with Crippen molar-refractivity contribution in [1.29, 1.82) is 0 Å². The molecule has 0 nitrogen and oxygen atoms in total. The van der Waals surface area contributed by atoms with Gasteiger partial charge in [0.15, 0.2) is 0 Å². The maximum absolute atomic E-state index is 2.47. The van der Waals surface area contributed by atoms with E-state index in [2.05, 4.69) is 174 Å². The van der Waals surface area contributed by atoms with Gasteiger partial charge in [-0.3, -0.25) is 0 Å². The Labute approximate surface area is 277 Å². The zero-order valence-corrected chi connectivity index (χ0v) is 27.8. The van der Waals surface area contributed by atoms with Crippen LogP contribution in [0.4, 0.5) is 0 Å². The highest BCUT2D eigenvalue weighted by Crippen LogP contribution is 2.51. The lowest BCUT2D eigenvalue weighted by Crippen LogP contribution is -2.15. The summed E-state index contributed by atoms with van der Waals surface area (Å²) in [5, 5.41) is 10.5. The molecule has 0 heteroatoms. The van der Waals surface area contributed by atoms with Crippen molar-refractivity contribution in [2.75, 3.05) is 0 Å². The molecule has 8 aromatic rings. The van der Waals surface area contributed by atoms with Crippen molar-refractivity contribution in [1.82, 2.24) is 0 Å². The Morgan fingerprint density at radius 2 is 0.979 bits per heavy atom. The lowest BCUT2D eigenvalue weighted by atomic mass is 9.77. The summed E-state index contributed by atoms with van der Waals surface area (Å²) in [5.74, 6) is 0. The van der Waals surface area contributed by atoms with Crippen LogP contribution in [0.25, 0.3) is 76.5 Å². The average molecular weight is 603 g/mol. The van der Waals surface area contributed by atoms with Gasteiger partial charge in [0.2, 0.25) is 0 Å². The topological polar surface area (TPSA) is 0 Å². The standard InChI is InChI=1S/C47H38/c1-46(2,3)45-39-19-11-10-18-37(39)44(36-20-12-16-29-13-8-9-17-34(29)36)38-24-22-32(26-41(38)45)33-21-23-35-40-25-30-14-6-7-15-31(30)27-43(40)47(4,5)42(35)28-33/h6-28H,1-5H3. The zero-order chi connectivity index (χ0) is 32.1. The van der Waals surface area contributed by atoms with Gasteiger partial charge >= 0.3 is 0 Å². The van der Waals surface area contributed by atoms with Gasteiger partial charge in [0.25, 0.3) is 0 Å². The van der Waals surface area contributed by atoms with E-state index in [0.717, 1.165) is 0 Å². The smallest absolute Gasteiger partial charge is 0.0159 e. The fourth-order valence-corrected chi connectivity index (χ4v) is 8.50. The minimum atomic E-state index is -0.0735. The second-order valence-corrected chi connectivity index (χ2v) is 15.0. The van der Waals surface area contributed by atoms with Gasteiger partial charge in [0.05, 0.1) is 0 Å². The second-order valence-electron chi connectivity index (χ2n) is 15.0. The molecule has 0 aliphatic heterocycles. The number of fused-ring (bicyclic) bond motifs is 7. The quantitative estimate of drug-likeness (QED) is 0.173. The first-order chi connectivity index (χ1) is 22.7. The molecular weight excluding hydrogens is 565 g/mol. The first kappa shape index (κ1) is 28.1. The molecule has 0 radical (unpaired) electrons. The predicted molar refractivity (Wildman–Crippen MR) is 204 cm³/mol. The summed E-state index contributed by atoms with van der Waals surface area (Å²) in [6, 6.07) is 52.5. The summed E-state index contributed by atoms with van der Waals surface area (Å²) in [6.07, 6.45) is 0. The van der Waals surface area contributed by atoms with Crippen molar-refractivity contribution in [2.45, 2.75) is 45.4 Å². The van der Waals surface area contributed by atoms with Gasteiger partial charge < -0.3 is 0 Å². The van der Waals surface area contributed by atoms with Crippen molar-refractivity contribution in [3.63, 3.8) is 0 Å². The Balaban J connectivity index is 1.30. The van der Waals surface area contributed by atoms with E-state index >= 15 is 0 Å². The molecule has 0 bridgehead atoms. The predicted octanol–water partition coefficient (Wildman–Crippen LogP) is 13.2. The van der Waals surface area contributed by atoms with Gasteiger partial charge in [-0.2, -0.15) is 0 Å². The summed E-state index contributed by atoms with van der Waals surface area (Å²) in [5.41, 5.74) is 12.0. The third-order valence-electron chi connectivity index (χ3n) is 10.7. The van der Waals surface area contributed by atoms with E-state index < -0.39 is 0 Å². The molecule has 0 fully saturated rings. The Bertz CT molecular complexity index is 2570. The van der Waals surface area contributed by atoms with Gasteiger partial charge in [-0.25, -0.2) is 0 Å². The average Bonchev–Trinajstić information content (AvgIpc) is 3.29. The van der Waals surface area contributed by atoms with E-state index in [9.17, 15) is 0 Å². The number of benzene rings is 8. The third-order valence-corrected chi connectivity index (χ3v) is 10.7. The zero-order valence-electron chi connectivity index (χ0n) is 27.8. The van der Waals surface area contributed by atoms with Gasteiger partial charge in [0.1, 0.15) is 0 Å². The van der Waals surface area contributed by atoms with Crippen LogP contribution in [-0.2, 0) is 10.8 Å². The molecule has 0 atom stereocenters. The van der Waals surface area contributed by atoms with Gasteiger partial charge in [0, 0.05) is 5.41 Å². The molecule has 0 N–H and O–H groups in total. The van der Waals surface area contributed by atoms with E-state index in [4.69, 9.17) is 0 Å². The van der Waals surface area contributed by atoms with Crippen molar-refractivity contribution in [3.8, 4) is 33.4 Å². The SMILES string of the molecule is CC(C)(C)c1c2ccccc2c(-c2cccc3ccccc23)c2ccc(-c3ccc4c(c3)C(C)(C)c3cc5ccccc5cc3-4)cc12. The monoisotopic (exact) mass is 602 g/mol. The highest BCUT2D eigenvalue weighted by Gasteiger charge is 2.36. The summed E-state index contributed by atoms with van der Waals surface area (Å²) in [6.45, 7) is 11.8. The summed E-state index contributed by atoms with van der Waals surface area (Å²) < 4.78 is 0. The fraction of sp³-hybridized carbons (Fsp3) is 0.149. The normalized spacial score (nSPS) is 13.8. The largest absolute Gasteiger partial charge is 0.0616 e. The number of rotatable bonds is 2.